The summed E-state index contributed by atoms with van der Waals surface area (Å²) in [7, 11) is -1.52. The van der Waals surface area contributed by atoms with Crippen LogP contribution in [0.3, 0.4) is 0 Å². The van der Waals surface area contributed by atoms with Gasteiger partial charge < -0.3 is 9.84 Å². The van der Waals surface area contributed by atoms with Gasteiger partial charge in [0.1, 0.15) is 22.9 Å². The van der Waals surface area contributed by atoms with E-state index in [0.29, 0.717) is 12.2 Å². The summed E-state index contributed by atoms with van der Waals surface area (Å²) in [6, 6.07) is 4.26. The highest BCUT2D eigenvalue weighted by atomic mass is 32.2. The van der Waals surface area contributed by atoms with Crippen LogP contribution in [0.5, 0.6) is 5.75 Å². The van der Waals surface area contributed by atoms with E-state index in [2.05, 4.69) is 0 Å². The van der Waals surface area contributed by atoms with Gasteiger partial charge in [-0.1, -0.05) is 13.8 Å². The lowest BCUT2D eigenvalue weighted by molar-refractivity contribution is -0.137. The maximum atomic E-state index is 13.1. The Kier molecular flexibility index (Phi) is 4.42. The molecule has 1 aliphatic rings. The second-order valence-corrected chi connectivity index (χ2v) is 6.85. The molecule has 20 heavy (non-hydrogen) atoms. The summed E-state index contributed by atoms with van der Waals surface area (Å²) in [6.45, 7) is 3.46. The highest BCUT2D eigenvalue weighted by molar-refractivity contribution is 7.86. The van der Waals surface area contributed by atoms with Gasteiger partial charge in [-0.2, -0.15) is 0 Å². The number of rotatable bonds is 5. The first-order valence-corrected chi connectivity index (χ1v) is 7.81. The molecule has 3 unspecified atom stereocenters. The Bertz CT molecular complexity index is 544. The summed E-state index contributed by atoms with van der Waals surface area (Å²) >= 11 is 0. The van der Waals surface area contributed by atoms with Crippen LogP contribution in [0.4, 0.5) is 4.39 Å². The van der Waals surface area contributed by atoms with Gasteiger partial charge in [-0.3, -0.25) is 9.00 Å². The molecular weight excluding hydrogens is 283 g/mol. The van der Waals surface area contributed by atoms with Crippen molar-refractivity contribution < 1.29 is 23.2 Å². The van der Waals surface area contributed by atoms with E-state index in [4.69, 9.17) is 9.84 Å². The van der Waals surface area contributed by atoms with Crippen molar-refractivity contribution >= 4 is 16.8 Å². The van der Waals surface area contributed by atoms with E-state index in [1.54, 1.807) is 19.9 Å². The molecule has 3 atom stereocenters. The molecule has 0 radical (unpaired) electrons. The molecule has 1 N–H and O–H groups in total. The summed E-state index contributed by atoms with van der Waals surface area (Å²) in [6.07, 6.45) is 0.108. The Balaban J connectivity index is 2.03. The normalized spacial score (nSPS) is 20.3. The van der Waals surface area contributed by atoms with Gasteiger partial charge >= 0.3 is 5.97 Å². The lowest BCUT2D eigenvalue weighted by Gasteiger charge is -2.18. The van der Waals surface area contributed by atoms with Crippen molar-refractivity contribution in [2.45, 2.75) is 31.6 Å². The van der Waals surface area contributed by atoms with Gasteiger partial charge in [0.05, 0.1) is 5.75 Å². The average Bonchev–Trinajstić information content (AvgIpc) is 2.68. The van der Waals surface area contributed by atoms with E-state index < -0.39 is 22.0 Å². The fraction of sp³-hybridized carbons (Fsp3) is 0.500. The van der Waals surface area contributed by atoms with Crippen molar-refractivity contribution in [3.63, 3.8) is 0 Å². The molecule has 0 saturated heterocycles. The Morgan fingerprint density at radius 1 is 1.55 bits per heavy atom. The molecule has 4 nitrogen and oxygen atoms in total. The van der Waals surface area contributed by atoms with E-state index in [0.717, 1.165) is 5.56 Å². The third-order valence-electron chi connectivity index (χ3n) is 3.25. The van der Waals surface area contributed by atoms with Gasteiger partial charge in [0.2, 0.25) is 0 Å². The van der Waals surface area contributed by atoms with Crippen molar-refractivity contribution in [2.24, 2.45) is 5.92 Å². The van der Waals surface area contributed by atoms with Crippen LogP contribution >= 0.6 is 0 Å². The van der Waals surface area contributed by atoms with Crippen LogP contribution in [-0.2, 0) is 22.0 Å². The molecule has 1 aromatic carbocycles. The maximum Gasteiger partial charge on any atom is 0.319 e. The molecule has 1 aliphatic heterocycles. The van der Waals surface area contributed by atoms with E-state index >= 15 is 0 Å². The number of halogens is 1. The van der Waals surface area contributed by atoms with E-state index in [9.17, 15) is 13.4 Å². The van der Waals surface area contributed by atoms with E-state index in [1.807, 2.05) is 0 Å². The molecule has 1 aromatic rings. The number of carboxylic acids is 1. The predicted octanol–water partition coefficient (Wildman–Crippen LogP) is 1.99. The summed E-state index contributed by atoms with van der Waals surface area (Å²) in [5.41, 5.74) is 0.739. The molecule has 6 heteroatoms. The van der Waals surface area contributed by atoms with E-state index in [-0.39, 0.29) is 23.6 Å². The highest BCUT2D eigenvalue weighted by Crippen LogP contribution is 2.30. The second kappa shape index (κ2) is 5.91. The van der Waals surface area contributed by atoms with Crippen molar-refractivity contribution in [1.29, 1.82) is 0 Å². The van der Waals surface area contributed by atoms with E-state index in [1.165, 1.54) is 12.1 Å². The zero-order valence-corrected chi connectivity index (χ0v) is 12.2. The summed E-state index contributed by atoms with van der Waals surface area (Å²) in [4.78, 5) is 11.1. The van der Waals surface area contributed by atoms with Gasteiger partial charge in [0.25, 0.3) is 0 Å². The number of ether oxygens (including phenoxy) is 1. The molecular formula is C14H17FO4S. The van der Waals surface area contributed by atoms with Crippen LogP contribution in [0.15, 0.2) is 18.2 Å². The number of hydrogen-bond acceptors (Lipinski definition) is 3. The molecule has 0 aromatic heterocycles. The van der Waals surface area contributed by atoms with Crippen LogP contribution < -0.4 is 4.74 Å². The molecule has 0 fully saturated rings. The monoisotopic (exact) mass is 300 g/mol. The summed E-state index contributed by atoms with van der Waals surface area (Å²) in [5, 5.41) is 8.21. The summed E-state index contributed by atoms with van der Waals surface area (Å²) in [5.74, 6) is -0.871. The van der Waals surface area contributed by atoms with Crippen LogP contribution in [0.25, 0.3) is 0 Å². The van der Waals surface area contributed by atoms with Gasteiger partial charge in [0.15, 0.2) is 0 Å². The number of aliphatic carboxylic acids is 1. The van der Waals surface area contributed by atoms with Crippen LogP contribution in [-0.4, -0.2) is 32.4 Å². The third kappa shape index (κ3) is 3.17. The SMILES string of the molecule is CC(C)C(C(=O)O)S(=O)CC1Cc2cc(F)ccc2O1. The largest absolute Gasteiger partial charge is 0.489 e. The van der Waals surface area contributed by atoms with Crippen LogP contribution in [0.1, 0.15) is 19.4 Å². The van der Waals surface area contributed by atoms with Crippen molar-refractivity contribution in [1.82, 2.24) is 0 Å². The first kappa shape index (κ1) is 15.0. The first-order valence-electron chi connectivity index (χ1n) is 6.43. The first-order chi connectivity index (χ1) is 9.38. The summed E-state index contributed by atoms with van der Waals surface area (Å²) < 4.78 is 30.9. The van der Waals surface area contributed by atoms with Crippen LogP contribution in [0.2, 0.25) is 0 Å². The lowest BCUT2D eigenvalue weighted by atomic mass is 10.1. The van der Waals surface area contributed by atoms with Crippen molar-refractivity contribution in [3.8, 4) is 5.75 Å². The quantitative estimate of drug-likeness (QED) is 0.903. The molecule has 0 amide bonds. The minimum atomic E-state index is -1.52. The zero-order valence-electron chi connectivity index (χ0n) is 11.3. The predicted molar refractivity (Wildman–Crippen MR) is 73.8 cm³/mol. The highest BCUT2D eigenvalue weighted by Gasteiger charge is 2.32. The molecule has 0 aliphatic carbocycles. The Hall–Kier alpha value is -1.43. The number of carbonyl (C=O) groups is 1. The number of hydrogen-bond donors (Lipinski definition) is 1. The fourth-order valence-electron chi connectivity index (χ4n) is 2.37. The average molecular weight is 300 g/mol. The van der Waals surface area contributed by atoms with Crippen LogP contribution in [0, 0.1) is 11.7 Å². The Morgan fingerprint density at radius 2 is 2.25 bits per heavy atom. The minimum Gasteiger partial charge on any atom is -0.489 e. The Morgan fingerprint density at radius 3 is 2.85 bits per heavy atom. The van der Waals surface area contributed by atoms with Gasteiger partial charge in [0, 0.05) is 22.8 Å². The Labute approximate surface area is 119 Å². The smallest absolute Gasteiger partial charge is 0.319 e. The van der Waals surface area contributed by atoms with Gasteiger partial charge in [-0.05, 0) is 24.1 Å². The molecule has 0 bridgehead atoms. The maximum absolute atomic E-state index is 13.1. The fourth-order valence-corrected chi connectivity index (χ4v) is 3.96. The lowest BCUT2D eigenvalue weighted by Crippen LogP contribution is -2.36. The molecule has 110 valence electrons. The zero-order chi connectivity index (χ0) is 14.9. The molecule has 0 spiro atoms. The molecule has 1 heterocycles. The second-order valence-electron chi connectivity index (χ2n) is 5.25. The topological polar surface area (TPSA) is 63.6 Å². The van der Waals surface area contributed by atoms with Crippen molar-refractivity contribution in [3.05, 3.63) is 29.6 Å². The molecule has 2 rings (SSSR count). The minimum absolute atomic E-state index is 0.144. The number of fused-ring (bicyclic) bond motifs is 1. The van der Waals surface area contributed by atoms with Gasteiger partial charge in [-0.25, -0.2) is 4.39 Å². The van der Waals surface area contributed by atoms with Crippen molar-refractivity contribution in [2.75, 3.05) is 5.75 Å². The number of carboxylic acid groups (broad SMARTS) is 1. The third-order valence-corrected chi connectivity index (χ3v) is 5.26. The molecule has 0 saturated carbocycles. The number of benzene rings is 1. The van der Waals surface area contributed by atoms with Gasteiger partial charge in [-0.15, -0.1) is 0 Å². The standard InChI is InChI=1S/C14H17FO4S/c1-8(2)13(14(16)17)20(18)7-11-6-9-5-10(15)3-4-12(9)19-11/h3-5,8,11,13H,6-7H2,1-2H3,(H,16,17).